The summed E-state index contributed by atoms with van der Waals surface area (Å²) in [5.41, 5.74) is 3.70. The lowest BCUT2D eigenvalue weighted by atomic mass is 10.0. The molecule has 4 amide bonds. The molecule has 5 aromatic rings. The van der Waals surface area contributed by atoms with Crippen LogP contribution in [0, 0.1) is 17.7 Å². The number of fused-ring (bicyclic) bond motifs is 1. The molecule has 2 saturated heterocycles. The maximum Gasteiger partial charge on any atom is 0.407 e. The van der Waals surface area contributed by atoms with E-state index in [9.17, 15) is 19.2 Å². The average Bonchev–Trinajstić information content (AvgIpc) is 4.07. The summed E-state index contributed by atoms with van der Waals surface area (Å²) in [6.07, 6.45) is 6.84. The van der Waals surface area contributed by atoms with Crippen molar-refractivity contribution in [2.24, 2.45) is 11.8 Å². The summed E-state index contributed by atoms with van der Waals surface area (Å²) in [5, 5.41) is 7.07. The highest BCUT2D eigenvalue weighted by Crippen LogP contribution is 2.36. The summed E-state index contributed by atoms with van der Waals surface area (Å²) in [7, 11) is 2.54. The number of imidazole rings is 2. The molecule has 16 heteroatoms. The maximum absolute atomic E-state index is 15.8. The van der Waals surface area contributed by atoms with E-state index in [1.165, 1.54) is 20.3 Å². The van der Waals surface area contributed by atoms with Gasteiger partial charge >= 0.3 is 12.2 Å². The third kappa shape index (κ3) is 8.47. The molecule has 15 nitrogen and oxygen atoms in total. The molecular weight excluding hydrogens is 758 g/mol. The van der Waals surface area contributed by atoms with Gasteiger partial charge in [-0.15, -0.1) is 0 Å². The summed E-state index contributed by atoms with van der Waals surface area (Å²) in [5.74, 6) is 0.160. The Labute approximate surface area is 341 Å². The Balaban J connectivity index is 1.05. The lowest BCUT2D eigenvalue weighted by molar-refractivity contribution is -0.136. The molecule has 4 atom stereocenters. The first-order chi connectivity index (χ1) is 28.4. The van der Waals surface area contributed by atoms with Gasteiger partial charge in [-0.2, -0.15) is 0 Å². The molecule has 310 valence electrons. The van der Waals surface area contributed by atoms with Crippen molar-refractivity contribution >= 4 is 34.8 Å². The zero-order chi connectivity index (χ0) is 42.0. The molecule has 0 saturated carbocycles. The number of H-pyrrole nitrogens is 2. The lowest BCUT2D eigenvalue weighted by Gasteiger charge is -2.30. The van der Waals surface area contributed by atoms with Gasteiger partial charge in [0.25, 0.3) is 0 Å². The minimum Gasteiger partial charge on any atom is -0.453 e. The molecule has 4 N–H and O–H groups in total. The Kier molecular flexibility index (Phi) is 12.0. The van der Waals surface area contributed by atoms with E-state index in [0.717, 1.165) is 41.3 Å². The van der Waals surface area contributed by atoms with Gasteiger partial charge in [0.05, 0.1) is 55.8 Å². The highest BCUT2D eigenvalue weighted by Gasteiger charge is 2.39. The van der Waals surface area contributed by atoms with Crippen molar-refractivity contribution < 1.29 is 33.0 Å². The summed E-state index contributed by atoms with van der Waals surface area (Å²) < 4.78 is 25.3. The van der Waals surface area contributed by atoms with Crippen LogP contribution < -0.4 is 10.6 Å². The third-order valence-electron chi connectivity index (χ3n) is 11.3. The number of aromatic nitrogens is 5. The Hall–Kier alpha value is -6.32. The molecule has 2 aromatic carbocycles. The molecule has 0 radical (unpaired) electrons. The monoisotopic (exact) mass is 807 g/mol. The van der Waals surface area contributed by atoms with Gasteiger partial charge in [-0.3, -0.25) is 14.6 Å². The number of hydrogen-bond acceptors (Lipinski definition) is 9. The van der Waals surface area contributed by atoms with Crippen molar-refractivity contribution in [1.29, 1.82) is 0 Å². The van der Waals surface area contributed by atoms with E-state index in [0.29, 0.717) is 53.7 Å². The molecule has 3 aromatic heterocycles. The second kappa shape index (κ2) is 17.3. The number of halogens is 1. The average molecular weight is 808 g/mol. The minimum absolute atomic E-state index is 0.133. The van der Waals surface area contributed by atoms with Crippen LogP contribution >= 0.6 is 0 Å². The van der Waals surface area contributed by atoms with Crippen LogP contribution in [0.15, 0.2) is 61.1 Å². The fourth-order valence-electron chi connectivity index (χ4n) is 8.04. The lowest BCUT2D eigenvalue weighted by Crippen LogP contribution is -2.51. The fourth-order valence-corrected chi connectivity index (χ4v) is 8.04. The quantitative estimate of drug-likeness (QED) is 0.110. The Bertz CT molecular complexity index is 2360. The topological polar surface area (TPSA) is 188 Å². The summed E-state index contributed by atoms with van der Waals surface area (Å²) in [6, 6.07) is 10.7. The zero-order valence-corrected chi connectivity index (χ0v) is 34.0. The van der Waals surface area contributed by atoms with Gasteiger partial charge in [-0.25, -0.2) is 23.9 Å². The van der Waals surface area contributed by atoms with E-state index in [-0.39, 0.29) is 35.7 Å². The molecule has 7 rings (SSSR count). The third-order valence-corrected chi connectivity index (χ3v) is 11.3. The molecule has 5 heterocycles. The SMILES string of the molecule is COC(=O)NC(C(=O)N1CCCC1c1ncc(-c2ccc(-c3cc4ccc(-c5cnc(C6CCCN6C(=O)C(NC(=O)OC)C(C)C)[nH]5)cc4cn3)c(F)c2)[nH]1)C(C)C. The first-order valence-corrected chi connectivity index (χ1v) is 20.0. The van der Waals surface area contributed by atoms with Crippen molar-refractivity contribution in [3.63, 3.8) is 0 Å². The molecule has 0 aliphatic carbocycles. The Morgan fingerprint density at radius 1 is 0.695 bits per heavy atom. The van der Waals surface area contributed by atoms with Crippen LogP contribution in [0.25, 0.3) is 44.5 Å². The van der Waals surface area contributed by atoms with Gasteiger partial charge < -0.3 is 39.9 Å². The summed E-state index contributed by atoms with van der Waals surface area (Å²) in [4.78, 5) is 75.1. The normalized spacial score (nSPS) is 17.7. The van der Waals surface area contributed by atoms with Crippen molar-refractivity contribution in [2.75, 3.05) is 27.3 Å². The predicted molar refractivity (Wildman–Crippen MR) is 218 cm³/mol. The van der Waals surface area contributed by atoms with Crippen molar-refractivity contribution in [1.82, 2.24) is 45.4 Å². The number of amides is 4. The van der Waals surface area contributed by atoms with Crippen LogP contribution in [-0.4, -0.2) is 98.1 Å². The molecule has 0 bridgehead atoms. The van der Waals surface area contributed by atoms with Crippen molar-refractivity contribution in [3.8, 4) is 33.8 Å². The van der Waals surface area contributed by atoms with Gasteiger partial charge in [0.1, 0.15) is 29.5 Å². The van der Waals surface area contributed by atoms with Gasteiger partial charge in [0, 0.05) is 41.4 Å². The number of ether oxygens (including phenoxy) is 2. The number of aromatic amines is 2. The standard InChI is InChI=1S/C43H50FN9O6/c1-23(2)36(50-42(56)58-5)40(54)52-15-7-9-34(52)38-46-21-32(48-38)26-12-11-25-19-31(45-20-28(25)17-26)29-14-13-27(18-30(29)44)33-22-47-39(49-33)35-10-8-16-53(35)41(55)37(24(3)4)51-43(57)59-6/h11-14,17-24,34-37H,7-10,15-16H2,1-6H3,(H,46,48)(H,47,49)(H,50,56)(H,51,57). The number of likely N-dealkylation sites (tertiary alicyclic amines) is 2. The zero-order valence-electron chi connectivity index (χ0n) is 34.0. The highest BCUT2D eigenvalue weighted by atomic mass is 19.1. The molecule has 59 heavy (non-hydrogen) atoms. The number of hydrogen-bond donors (Lipinski definition) is 4. The highest BCUT2D eigenvalue weighted by molar-refractivity contribution is 5.90. The number of carbonyl (C=O) groups excluding carboxylic acids is 4. The van der Waals surface area contributed by atoms with Crippen molar-refractivity contribution in [2.45, 2.75) is 77.5 Å². The van der Waals surface area contributed by atoms with Crippen molar-refractivity contribution in [3.05, 3.63) is 78.5 Å². The van der Waals surface area contributed by atoms with Crippen LogP contribution in [0.1, 0.15) is 77.1 Å². The Morgan fingerprint density at radius 2 is 1.20 bits per heavy atom. The molecule has 2 fully saturated rings. The van der Waals surface area contributed by atoms with Gasteiger partial charge in [0.15, 0.2) is 0 Å². The summed E-state index contributed by atoms with van der Waals surface area (Å²) >= 11 is 0. The van der Waals surface area contributed by atoms with Gasteiger partial charge in [-0.1, -0.05) is 45.9 Å². The second-order valence-electron chi connectivity index (χ2n) is 15.8. The molecule has 4 unspecified atom stereocenters. The number of nitrogens with zero attached hydrogens (tertiary/aromatic N) is 5. The first-order valence-electron chi connectivity index (χ1n) is 20.0. The summed E-state index contributed by atoms with van der Waals surface area (Å²) in [6.45, 7) is 8.58. The number of benzene rings is 2. The number of methoxy groups -OCH3 is 2. The number of alkyl carbamates (subject to hydrolysis) is 2. The predicted octanol–water partition coefficient (Wildman–Crippen LogP) is 6.91. The fraction of sp³-hybridized carbons (Fsp3) is 0.419. The number of carbonyl (C=O) groups is 4. The van der Waals surface area contributed by atoms with Crippen LogP contribution in [0.4, 0.5) is 14.0 Å². The molecule has 2 aliphatic heterocycles. The van der Waals surface area contributed by atoms with E-state index in [1.54, 1.807) is 34.5 Å². The van der Waals surface area contributed by atoms with Crippen LogP contribution in [0.5, 0.6) is 0 Å². The number of nitrogens with one attached hydrogen (secondary N) is 4. The number of pyridine rings is 1. The Morgan fingerprint density at radius 3 is 1.69 bits per heavy atom. The largest absolute Gasteiger partial charge is 0.453 e. The first kappa shape index (κ1) is 40.9. The molecular formula is C43H50FN9O6. The van der Waals surface area contributed by atoms with E-state index >= 15 is 4.39 Å². The maximum atomic E-state index is 15.8. The van der Waals surface area contributed by atoms with Gasteiger partial charge in [-0.05, 0) is 67.2 Å². The van der Waals surface area contributed by atoms with E-state index in [4.69, 9.17) is 9.47 Å². The molecule has 2 aliphatic rings. The van der Waals surface area contributed by atoms with Crippen LogP contribution in [0.2, 0.25) is 0 Å². The number of rotatable bonds is 11. The second-order valence-corrected chi connectivity index (χ2v) is 15.8. The van der Waals surface area contributed by atoms with E-state index in [1.807, 2.05) is 58.0 Å². The van der Waals surface area contributed by atoms with Crippen LogP contribution in [0.3, 0.4) is 0 Å². The van der Waals surface area contributed by atoms with Crippen LogP contribution in [-0.2, 0) is 19.1 Å². The molecule has 0 spiro atoms. The van der Waals surface area contributed by atoms with E-state index in [2.05, 4.69) is 35.6 Å². The van der Waals surface area contributed by atoms with Gasteiger partial charge in [0.2, 0.25) is 11.8 Å². The minimum atomic E-state index is -0.744. The van der Waals surface area contributed by atoms with E-state index < -0.39 is 30.1 Å². The smallest absolute Gasteiger partial charge is 0.407 e.